The summed E-state index contributed by atoms with van der Waals surface area (Å²) in [6.45, 7) is 0.739. The van der Waals surface area contributed by atoms with Gasteiger partial charge in [0.15, 0.2) is 11.5 Å². The SMILES string of the molecule is COc1ccccc1OCCOc1ccc(F)cc1CBr. The number of rotatable bonds is 7. The molecule has 0 atom stereocenters. The molecule has 0 N–H and O–H groups in total. The van der Waals surface area contributed by atoms with Crippen molar-refractivity contribution in [3.63, 3.8) is 0 Å². The second kappa shape index (κ2) is 7.88. The lowest BCUT2D eigenvalue weighted by atomic mass is 10.2. The smallest absolute Gasteiger partial charge is 0.161 e. The van der Waals surface area contributed by atoms with Crippen LogP contribution in [0.25, 0.3) is 0 Å². The molecule has 2 rings (SSSR count). The van der Waals surface area contributed by atoms with Gasteiger partial charge in [-0.25, -0.2) is 4.39 Å². The number of para-hydroxylation sites is 2. The molecule has 112 valence electrons. The van der Waals surface area contributed by atoms with Crippen molar-refractivity contribution < 1.29 is 18.6 Å². The van der Waals surface area contributed by atoms with Gasteiger partial charge in [0.05, 0.1) is 7.11 Å². The molecule has 0 amide bonds. The van der Waals surface area contributed by atoms with Crippen LogP contribution >= 0.6 is 15.9 Å². The Kier molecular flexibility index (Phi) is 5.87. The number of ether oxygens (including phenoxy) is 3. The first kappa shape index (κ1) is 15.6. The van der Waals surface area contributed by atoms with E-state index in [4.69, 9.17) is 14.2 Å². The highest BCUT2D eigenvalue weighted by Crippen LogP contribution is 2.26. The summed E-state index contributed by atoms with van der Waals surface area (Å²) < 4.78 is 29.5. The number of methoxy groups -OCH3 is 1. The zero-order chi connectivity index (χ0) is 15.1. The third-order valence-electron chi connectivity index (χ3n) is 2.83. The summed E-state index contributed by atoms with van der Waals surface area (Å²) in [6.07, 6.45) is 0. The Bertz CT molecular complexity index is 589. The van der Waals surface area contributed by atoms with Crippen LogP contribution in [0.2, 0.25) is 0 Å². The van der Waals surface area contributed by atoms with E-state index in [9.17, 15) is 4.39 Å². The molecule has 0 aliphatic carbocycles. The molecule has 0 aliphatic heterocycles. The topological polar surface area (TPSA) is 27.7 Å². The van der Waals surface area contributed by atoms with E-state index in [0.29, 0.717) is 35.8 Å². The molecule has 0 aromatic heterocycles. The third-order valence-corrected chi connectivity index (χ3v) is 3.44. The van der Waals surface area contributed by atoms with Gasteiger partial charge in [0.2, 0.25) is 0 Å². The van der Waals surface area contributed by atoms with Crippen molar-refractivity contribution in [1.29, 1.82) is 0 Å². The Morgan fingerprint density at radius 3 is 2.29 bits per heavy atom. The van der Waals surface area contributed by atoms with Gasteiger partial charge in [-0.05, 0) is 30.3 Å². The summed E-state index contributed by atoms with van der Waals surface area (Å²) in [6, 6.07) is 11.9. The molecule has 0 fully saturated rings. The van der Waals surface area contributed by atoms with Gasteiger partial charge in [-0.15, -0.1) is 0 Å². The van der Waals surface area contributed by atoms with Crippen molar-refractivity contribution in [2.75, 3.05) is 20.3 Å². The summed E-state index contributed by atoms with van der Waals surface area (Å²) in [7, 11) is 1.60. The minimum atomic E-state index is -0.276. The van der Waals surface area contributed by atoms with Gasteiger partial charge in [-0.3, -0.25) is 0 Å². The van der Waals surface area contributed by atoms with Crippen LogP contribution in [0, 0.1) is 5.82 Å². The van der Waals surface area contributed by atoms with E-state index in [1.54, 1.807) is 13.2 Å². The van der Waals surface area contributed by atoms with Crippen molar-refractivity contribution in [1.82, 2.24) is 0 Å². The van der Waals surface area contributed by atoms with Crippen molar-refractivity contribution >= 4 is 15.9 Å². The van der Waals surface area contributed by atoms with Crippen LogP contribution in [-0.2, 0) is 5.33 Å². The fourth-order valence-corrected chi connectivity index (χ4v) is 2.27. The highest BCUT2D eigenvalue weighted by Gasteiger charge is 2.05. The largest absolute Gasteiger partial charge is 0.493 e. The van der Waals surface area contributed by atoms with Crippen molar-refractivity contribution in [2.24, 2.45) is 0 Å². The summed E-state index contributed by atoms with van der Waals surface area (Å²) >= 11 is 3.31. The highest BCUT2D eigenvalue weighted by molar-refractivity contribution is 9.08. The average Bonchev–Trinajstić information content (AvgIpc) is 2.52. The Hall–Kier alpha value is -1.75. The van der Waals surface area contributed by atoms with Gasteiger partial charge in [-0.1, -0.05) is 28.1 Å². The zero-order valence-electron chi connectivity index (χ0n) is 11.6. The van der Waals surface area contributed by atoms with Crippen molar-refractivity contribution in [2.45, 2.75) is 5.33 Å². The van der Waals surface area contributed by atoms with E-state index >= 15 is 0 Å². The first-order valence-corrected chi connectivity index (χ1v) is 7.59. The van der Waals surface area contributed by atoms with Gasteiger partial charge in [0, 0.05) is 10.9 Å². The van der Waals surface area contributed by atoms with Crippen LogP contribution in [0.3, 0.4) is 0 Å². The first-order valence-electron chi connectivity index (χ1n) is 6.47. The van der Waals surface area contributed by atoms with E-state index in [1.807, 2.05) is 24.3 Å². The number of hydrogen-bond acceptors (Lipinski definition) is 3. The maximum Gasteiger partial charge on any atom is 0.161 e. The molecule has 5 heteroatoms. The molecule has 21 heavy (non-hydrogen) atoms. The predicted octanol–water partition coefficient (Wildman–Crippen LogP) is 4.19. The van der Waals surface area contributed by atoms with Crippen LogP contribution in [-0.4, -0.2) is 20.3 Å². The molecule has 0 radical (unpaired) electrons. The molecule has 0 saturated heterocycles. The lowest BCUT2D eigenvalue weighted by Crippen LogP contribution is -2.10. The maximum atomic E-state index is 13.1. The molecule has 0 aliphatic rings. The molecular weight excluding hydrogens is 339 g/mol. The Balaban J connectivity index is 1.87. The number of benzene rings is 2. The van der Waals surface area contributed by atoms with E-state index in [1.165, 1.54) is 12.1 Å². The van der Waals surface area contributed by atoms with Crippen molar-refractivity contribution in [3.8, 4) is 17.2 Å². The molecule has 0 unspecified atom stereocenters. The summed E-state index contributed by atoms with van der Waals surface area (Å²) in [4.78, 5) is 0. The van der Waals surface area contributed by atoms with Gasteiger partial charge < -0.3 is 14.2 Å². The standard InChI is InChI=1S/C16H16BrFO3/c1-19-15-4-2-3-5-16(15)21-9-8-20-14-7-6-13(18)10-12(14)11-17/h2-7,10H,8-9,11H2,1H3. The van der Waals surface area contributed by atoms with E-state index < -0.39 is 0 Å². The van der Waals surface area contributed by atoms with E-state index in [2.05, 4.69) is 15.9 Å². The van der Waals surface area contributed by atoms with E-state index in [0.717, 1.165) is 5.56 Å². The van der Waals surface area contributed by atoms with Crippen molar-refractivity contribution in [3.05, 3.63) is 53.8 Å². The van der Waals surface area contributed by atoms with E-state index in [-0.39, 0.29) is 5.82 Å². The Labute approximate surface area is 131 Å². The zero-order valence-corrected chi connectivity index (χ0v) is 13.2. The molecule has 0 spiro atoms. The lowest BCUT2D eigenvalue weighted by molar-refractivity contribution is 0.210. The maximum absolute atomic E-state index is 13.1. The molecule has 0 bridgehead atoms. The van der Waals surface area contributed by atoms with Crippen LogP contribution in [0.5, 0.6) is 17.2 Å². The Morgan fingerprint density at radius 1 is 0.952 bits per heavy atom. The average molecular weight is 355 g/mol. The molecular formula is C16H16BrFO3. The van der Waals surface area contributed by atoms with Gasteiger partial charge in [0.25, 0.3) is 0 Å². The highest BCUT2D eigenvalue weighted by atomic mass is 79.9. The first-order chi connectivity index (χ1) is 10.2. The molecule has 0 saturated carbocycles. The monoisotopic (exact) mass is 354 g/mol. The van der Waals surface area contributed by atoms with Gasteiger partial charge in [0.1, 0.15) is 24.8 Å². The minimum absolute atomic E-state index is 0.276. The normalized spacial score (nSPS) is 10.2. The molecule has 2 aromatic carbocycles. The molecule has 0 heterocycles. The van der Waals surface area contributed by atoms with Gasteiger partial charge >= 0.3 is 0 Å². The number of halogens is 2. The fraction of sp³-hybridized carbons (Fsp3) is 0.250. The number of hydrogen-bond donors (Lipinski definition) is 0. The summed E-state index contributed by atoms with van der Waals surface area (Å²) in [5.74, 6) is 1.72. The minimum Gasteiger partial charge on any atom is -0.493 e. The van der Waals surface area contributed by atoms with Crippen LogP contribution in [0.1, 0.15) is 5.56 Å². The predicted molar refractivity (Wildman–Crippen MR) is 83.0 cm³/mol. The fourth-order valence-electron chi connectivity index (χ4n) is 1.83. The van der Waals surface area contributed by atoms with Gasteiger partial charge in [-0.2, -0.15) is 0 Å². The second-order valence-corrected chi connectivity index (χ2v) is 4.79. The van der Waals surface area contributed by atoms with Crippen LogP contribution < -0.4 is 14.2 Å². The third kappa shape index (κ3) is 4.36. The molecule has 2 aromatic rings. The lowest BCUT2D eigenvalue weighted by Gasteiger charge is -2.12. The number of alkyl halides is 1. The van der Waals surface area contributed by atoms with Crippen LogP contribution in [0.4, 0.5) is 4.39 Å². The quantitative estimate of drug-likeness (QED) is 0.551. The molecule has 3 nitrogen and oxygen atoms in total. The Morgan fingerprint density at radius 2 is 1.62 bits per heavy atom. The van der Waals surface area contributed by atoms with Crippen LogP contribution in [0.15, 0.2) is 42.5 Å². The summed E-state index contributed by atoms with van der Waals surface area (Å²) in [5, 5.41) is 0.535. The second-order valence-electron chi connectivity index (χ2n) is 4.23. The summed E-state index contributed by atoms with van der Waals surface area (Å²) in [5.41, 5.74) is 0.771.